The number of amides is 1. The van der Waals surface area contributed by atoms with E-state index >= 15 is 0 Å². The van der Waals surface area contributed by atoms with Crippen molar-refractivity contribution < 1.29 is 14.3 Å². The normalized spacial score (nSPS) is 18.2. The molecule has 7 nitrogen and oxygen atoms in total. The fourth-order valence-electron chi connectivity index (χ4n) is 2.03. The van der Waals surface area contributed by atoms with Crippen molar-refractivity contribution in [3.8, 4) is 0 Å². The number of hydrogen-bond acceptors (Lipinski definition) is 6. The Balaban J connectivity index is 2.27. The summed E-state index contributed by atoms with van der Waals surface area (Å²) in [6, 6.07) is 1.81. The predicted octanol–water partition coefficient (Wildman–Crippen LogP) is 0.995. The zero-order valence-electron chi connectivity index (χ0n) is 11.9. The molecule has 106 valence electrons. The van der Waals surface area contributed by atoms with Crippen LogP contribution in [0.25, 0.3) is 0 Å². The van der Waals surface area contributed by atoms with Crippen molar-refractivity contribution in [2.24, 2.45) is 11.0 Å². The van der Waals surface area contributed by atoms with Gasteiger partial charge in [0.25, 0.3) is 11.9 Å². The number of nitrogens with zero attached hydrogens (tertiary/aromatic N) is 4. The molecule has 1 aliphatic rings. The molecule has 2 rings (SSSR count). The first-order valence-corrected chi connectivity index (χ1v) is 6.20. The Labute approximate surface area is 116 Å². The summed E-state index contributed by atoms with van der Waals surface area (Å²) in [4.78, 5) is 32.1. The molecular weight excluding hydrogens is 260 g/mol. The fraction of sp³-hybridized carbons (Fsp3) is 0.462. The van der Waals surface area contributed by atoms with Gasteiger partial charge < -0.3 is 4.74 Å². The highest BCUT2D eigenvalue weighted by molar-refractivity contribution is 6.15. The van der Waals surface area contributed by atoms with E-state index in [1.807, 2.05) is 19.9 Å². The maximum atomic E-state index is 12.3. The molecule has 1 aliphatic heterocycles. The lowest BCUT2D eigenvalue weighted by molar-refractivity contribution is -0.142. The molecule has 1 atom stereocenters. The molecule has 0 N–H and O–H groups in total. The Bertz CT molecular complexity index is 577. The van der Waals surface area contributed by atoms with Gasteiger partial charge in [-0.3, -0.25) is 9.59 Å². The fourth-order valence-corrected chi connectivity index (χ4v) is 2.03. The van der Waals surface area contributed by atoms with Crippen molar-refractivity contribution in [1.82, 2.24) is 9.97 Å². The minimum atomic E-state index is -0.605. The number of methoxy groups -OCH3 is 1. The van der Waals surface area contributed by atoms with E-state index in [1.54, 1.807) is 6.92 Å². The lowest BCUT2D eigenvalue weighted by atomic mass is 10.0. The van der Waals surface area contributed by atoms with Gasteiger partial charge in [0.05, 0.1) is 19.4 Å². The van der Waals surface area contributed by atoms with Crippen molar-refractivity contribution in [1.29, 1.82) is 0 Å². The first kappa shape index (κ1) is 14.1. The lowest BCUT2D eigenvalue weighted by Crippen LogP contribution is -2.30. The van der Waals surface area contributed by atoms with Crippen LogP contribution in [-0.2, 0) is 14.3 Å². The van der Waals surface area contributed by atoms with E-state index in [-0.39, 0.29) is 18.3 Å². The minimum absolute atomic E-state index is 0.0219. The van der Waals surface area contributed by atoms with Gasteiger partial charge in [-0.25, -0.2) is 9.97 Å². The molecule has 0 bridgehead atoms. The maximum Gasteiger partial charge on any atom is 0.306 e. The van der Waals surface area contributed by atoms with Gasteiger partial charge >= 0.3 is 5.97 Å². The quantitative estimate of drug-likeness (QED) is 0.769. The largest absolute Gasteiger partial charge is 0.469 e. The van der Waals surface area contributed by atoms with E-state index in [1.165, 1.54) is 7.11 Å². The van der Waals surface area contributed by atoms with Crippen molar-refractivity contribution >= 4 is 23.5 Å². The number of ether oxygens (including phenoxy) is 1. The Morgan fingerprint density at radius 2 is 1.90 bits per heavy atom. The average Bonchev–Trinajstić information content (AvgIpc) is 2.65. The number of carbonyl (C=O) groups excluding carboxylic acids is 2. The van der Waals surface area contributed by atoms with Gasteiger partial charge in [-0.15, -0.1) is 0 Å². The topological polar surface area (TPSA) is 84.8 Å². The summed E-state index contributed by atoms with van der Waals surface area (Å²) in [7, 11) is 1.29. The van der Waals surface area contributed by atoms with E-state index in [9.17, 15) is 9.59 Å². The van der Waals surface area contributed by atoms with Gasteiger partial charge in [-0.1, -0.05) is 0 Å². The molecule has 1 unspecified atom stereocenters. The third kappa shape index (κ3) is 2.66. The molecule has 0 radical (unpaired) electrons. The van der Waals surface area contributed by atoms with Crippen LogP contribution in [0.3, 0.4) is 0 Å². The SMILES string of the molecule is COC(=O)CC1C(=O)N(c2nc(C)cc(C)n2)N=C1C. The summed E-state index contributed by atoms with van der Waals surface area (Å²) in [5, 5.41) is 5.31. The van der Waals surface area contributed by atoms with E-state index in [2.05, 4.69) is 19.8 Å². The van der Waals surface area contributed by atoms with Crippen LogP contribution in [0.15, 0.2) is 11.2 Å². The van der Waals surface area contributed by atoms with Gasteiger partial charge in [0.2, 0.25) is 0 Å². The second-order valence-corrected chi connectivity index (χ2v) is 4.67. The monoisotopic (exact) mass is 276 g/mol. The smallest absolute Gasteiger partial charge is 0.306 e. The Morgan fingerprint density at radius 1 is 1.30 bits per heavy atom. The minimum Gasteiger partial charge on any atom is -0.469 e. The second-order valence-electron chi connectivity index (χ2n) is 4.67. The number of esters is 1. The Morgan fingerprint density at radius 3 is 2.45 bits per heavy atom. The summed E-state index contributed by atoms with van der Waals surface area (Å²) >= 11 is 0. The van der Waals surface area contributed by atoms with Crippen LogP contribution in [0.4, 0.5) is 5.95 Å². The molecule has 0 saturated heterocycles. The average molecular weight is 276 g/mol. The number of rotatable bonds is 3. The van der Waals surface area contributed by atoms with Crippen molar-refractivity contribution in [3.05, 3.63) is 17.5 Å². The van der Waals surface area contributed by atoms with Crippen LogP contribution in [0.1, 0.15) is 24.7 Å². The number of aryl methyl sites for hydroxylation is 2. The van der Waals surface area contributed by atoms with Crippen LogP contribution in [0.5, 0.6) is 0 Å². The lowest BCUT2D eigenvalue weighted by Gasteiger charge is -2.12. The summed E-state index contributed by atoms with van der Waals surface area (Å²) in [6.45, 7) is 5.34. The van der Waals surface area contributed by atoms with Crippen molar-refractivity contribution in [2.75, 3.05) is 12.1 Å². The van der Waals surface area contributed by atoms with Crippen molar-refractivity contribution in [3.63, 3.8) is 0 Å². The molecule has 0 aliphatic carbocycles. The molecule has 20 heavy (non-hydrogen) atoms. The highest BCUT2D eigenvalue weighted by atomic mass is 16.5. The molecule has 1 amide bonds. The molecule has 0 aromatic carbocycles. The standard InChI is InChI=1S/C13H16N4O3/c1-7-5-8(2)15-13(14-7)17-12(19)10(9(3)16-17)6-11(18)20-4/h5,10H,6H2,1-4H3. The van der Waals surface area contributed by atoms with E-state index in [4.69, 9.17) is 0 Å². The molecule has 2 heterocycles. The van der Waals surface area contributed by atoms with Crippen LogP contribution < -0.4 is 5.01 Å². The maximum absolute atomic E-state index is 12.3. The Hall–Kier alpha value is -2.31. The molecular formula is C13H16N4O3. The zero-order valence-corrected chi connectivity index (χ0v) is 11.9. The van der Waals surface area contributed by atoms with Crippen molar-refractivity contribution in [2.45, 2.75) is 27.2 Å². The van der Waals surface area contributed by atoms with Crippen LogP contribution in [-0.4, -0.2) is 34.7 Å². The van der Waals surface area contributed by atoms with Gasteiger partial charge in [-0.05, 0) is 26.8 Å². The molecule has 7 heteroatoms. The zero-order chi connectivity index (χ0) is 14.9. The third-order valence-electron chi connectivity index (χ3n) is 3.03. The van der Waals surface area contributed by atoms with E-state index in [0.29, 0.717) is 5.71 Å². The summed E-state index contributed by atoms with van der Waals surface area (Å²) in [5.41, 5.74) is 2.07. The highest BCUT2D eigenvalue weighted by Crippen LogP contribution is 2.23. The number of aromatic nitrogens is 2. The molecule has 0 fully saturated rings. The number of hydrogen-bond donors (Lipinski definition) is 0. The predicted molar refractivity (Wildman–Crippen MR) is 72.2 cm³/mol. The van der Waals surface area contributed by atoms with Gasteiger partial charge in [0.1, 0.15) is 0 Å². The van der Waals surface area contributed by atoms with Crippen LogP contribution in [0, 0.1) is 19.8 Å². The summed E-state index contributed by atoms with van der Waals surface area (Å²) in [6.07, 6.45) is -0.0219. The van der Waals surface area contributed by atoms with E-state index in [0.717, 1.165) is 16.4 Å². The molecule has 0 spiro atoms. The first-order valence-electron chi connectivity index (χ1n) is 6.20. The summed E-state index contributed by atoms with van der Waals surface area (Å²) < 4.78 is 4.59. The van der Waals surface area contributed by atoms with Gasteiger partial charge in [0, 0.05) is 17.1 Å². The second kappa shape index (κ2) is 5.36. The molecule has 0 saturated carbocycles. The van der Waals surface area contributed by atoms with Gasteiger partial charge in [-0.2, -0.15) is 10.1 Å². The molecule has 1 aromatic rings. The summed E-state index contributed by atoms with van der Waals surface area (Å²) in [5.74, 6) is -1.12. The van der Waals surface area contributed by atoms with E-state index < -0.39 is 11.9 Å². The third-order valence-corrected chi connectivity index (χ3v) is 3.03. The van der Waals surface area contributed by atoms with Crippen LogP contribution >= 0.6 is 0 Å². The number of carbonyl (C=O) groups is 2. The highest BCUT2D eigenvalue weighted by Gasteiger charge is 2.37. The number of hydrazone groups is 1. The number of anilines is 1. The Kier molecular flexibility index (Phi) is 3.78. The van der Waals surface area contributed by atoms with Crippen LogP contribution in [0.2, 0.25) is 0 Å². The first-order chi connectivity index (χ1) is 9.42. The molecule has 1 aromatic heterocycles. The van der Waals surface area contributed by atoms with Gasteiger partial charge in [0.15, 0.2) is 0 Å².